The third-order valence-corrected chi connectivity index (χ3v) is 3.92. The summed E-state index contributed by atoms with van der Waals surface area (Å²) in [5, 5.41) is 3.44. The first-order valence-electron chi connectivity index (χ1n) is 7.79. The zero-order chi connectivity index (χ0) is 13.6. The van der Waals surface area contributed by atoms with Gasteiger partial charge in [-0.25, -0.2) is 4.98 Å². The van der Waals surface area contributed by atoms with E-state index in [2.05, 4.69) is 20.2 Å². The summed E-state index contributed by atoms with van der Waals surface area (Å²) in [4.78, 5) is 11.2. The van der Waals surface area contributed by atoms with E-state index in [9.17, 15) is 0 Å². The average Bonchev–Trinajstić information content (AvgIpc) is 3.31. The number of aromatic nitrogens is 2. The van der Waals surface area contributed by atoms with E-state index < -0.39 is 0 Å². The van der Waals surface area contributed by atoms with Gasteiger partial charge in [0.15, 0.2) is 0 Å². The van der Waals surface area contributed by atoms with Gasteiger partial charge >= 0.3 is 0 Å². The van der Waals surface area contributed by atoms with Crippen molar-refractivity contribution < 1.29 is 4.74 Å². The second-order valence-corrected chi connectivity index (χ2v) is 5.75. The van der Waals surface area contributed by atoms with Crippen LogP contribution in [0.2, 0.25) is 0 Å². The largest absolute Gasteiger partial charge is 0.475 e. The Labute approximate surface area is 120 Å². The Morgan fingerprint density at radius 1 is 1.20 bits per heavy atom. The van der Waals surface area contributed by atoms with E-state index >= 15 is 0 Å². The monoisotopic (exact) mass is 276 g/mol. The van der Waals surface area contributed by atoms with E-state index in [-0.39, 0.29) is 0 Å². The second-order valence-electron chi connectivity index (χ2n) is 5.75. The normalized spacial score (nSPS) is 20.0. The van der Waals surface area contributed by atoms with Crippen LogP contribution in [0.5, 0.6) is 5.88 Å². The van der Waals surface area contributed by atoms with Crippen molar-refractivity contribution in [1.82, 2.24) is 20.2 Å². The van der Waals surface area contributed by atoms with E-state index in [1.807, 2.05) is 6.20 Å². The fourth-order valence-corrected chi connectivity index (χ4v) is 2.54. The van der Waals surface area contributed by atoms with Crippen molar-refractivity contribution in [1.29, 1.82) is 0 Å². The van der Waals surface area contributed by atoms with Gasteiger partial charge in [0.1, 0.15) is 6.61 Å². The summed E-state index contributed by atoms with van der Waals surface area (Å²) in [6.07, 6.45) is 10.1. The fourth-order valence-electron chi connectivity index (χ4n) is 2.54. The Kier molecular flexibility index (Phi) is 4.82. The molecular formula is C15H24N4O. The standard InChI is InChI=1S/C15H24N4O/c1-2-6-19(7-3-1)8-9-20-15-12-16-10-14(18-15)11-17-13-4-5-13/h10,12-13,17H,1-9,11H2. The lowest BCUT2D eigenvalue weighted by atomic mass is 10.1. The number of nitrogens with zero attached hydrogens (tertiary/aromatic N) is 3. The first-order chi connectivity index (χ1) is 9.90. The number of hydrogen-bond acceptors (Lipinski definition) is 5. The number of piperidine rings is 1. The molecule has 0 unspecified atom stereocenters. The van der Waals surface area contributed by atoms with Crippen LogP contribution in [0, 0.1) is 0 Å². The molecule has 0 radical (unpaired) electrons. The number of hydrogen-bond donors (Lipinski definition) is 1. The van der Waals surface area contributed by atoms with Gasteiger partial charge in [0.05, 0.1) is 11.9 Å². The van der Waals surface area contributed by atoms with Crippen LogP contribution in [0.4, 0.5) is 0 Å². The summed E-state index contributed by atoms with van der Waals surface area (Å²) in [5.74, 6) is 0.650. The van der Waals surface area contributed by atoms with Gasteiger partial charge in [-0.3, -0.25) is 9.88 Å². The van der Waals surface area contributed by atoms with E-state index in [1.54, 1.807) is 6.20 Å². The Bertz CT molecular complexity index is 416. The maximum Gasteiger partial charge on any atom is 0.232 e. The van der Waals surface area contributed by atoms with Crippen molar-refractivity contribution >= 4 is 0 Å². The predicted octanol–water partition coefficient (Wildman–Crippen LogP) is 1.59. The van der Waals surface area contributed by atoms with Crippen molar-refractivity contribution in [3.63, 3.8) is 0 Å². The molecule has 110 valence electrons. The lowest BCUT2D eigenvalue weighted by Crippen LogP contribution is -2.33. The predicted molar refractivity (Wildman–Crippen MR) is 77.7 cm³/mol. The van der Waals surface area contributed by atoms with Crippen molar-refractivity contribution in [2.75, 3.05) is 26.2 Å². The lowest BCUT2D eigenvalue weighted by molar-refractivity contribution is 0.180. The van der Waals surface area contributed by atoms with Crippen LogP contribution >= 0.6 is 0 Å². The van der Waals surface area contributed by atoms with Gasteiger partial charge in [-0.15, -0.1) is 0 Å². The third kappa shape index (κ3) is 4.42. The molecule has 0 bridgehead atoms. The number of rotatable bonds is 7. The zero-order valence-electron chi connectivity index (χ0n) is 12.1. The topological polar surface area (TPSA) is 50.3 Å². The molecule has 1 aromatic rings. The molecular weight excluding hydrogens is 252 g/mol. The maximum atomic E-state index is 5.73. The van der Waals surface area contributed by atoms with Gasteiger partial charge in [0, 0.05) is 25.3 Å². The van der Waals surface area contributed by atoms with E-state index in [1.165, 1.54) is 45.2 Å². The van der Waals surface area contributed by atoms with Crippen LogP contribution in [-0.2, 0) is 6.54 Å². The van der Waals surface area contributed by atoms with Crippen LogP contribution in [0.3, 0.4) is 0 Å². The SMILES string of the molecule is c1ncc(OCCN2CCCCC2)nc1CNC1CC1. The molecule has 3 rings (SSSR count). The van der Waals surface area contributed by atoms with Gasteiger partial charge in [-0.2, -0.15) is 0 Å². The summed E-state index contributed by atoms with van der Waals surface area (Å²) < 4.78 is 5.73. The minimum Gasteiger partial charge on any atom is -0.475 e. The minimum atomic E-state index is 0.650. The molecule has 2 heterocycles. The molecule has 5 heteroatoms. The van der Waals surface area contributed by atoms with E-state index in [0.29, 0.717) is 18.5 Å². The molecule has 0 spiro atoms. The molecule has 0 amide bonds. The summed E-state index contributed by atoms with van der Waals surface area (Å²) in [5.41, 5.74) is 0.965. The summed E-state index contributed by atoms with van der Waals surface area (Å²) in [6, 6.07) is 0.695. The molecule has 0 atom stereocenters. The van der Waals surface area contributed by atoms with Crippen LogP contribution in [0.15, 0.2) is 12.4 Å². The van der Waals surface area contributed by atoms with Gasteiger partial charge in [-0.1, -0.05) is 6.42 Å². The van der Waals surface area contributed by atoms with Crippen molar-refractivity contribution in [2.45, 2.75) is 44.7 Å². The van der Waals surface area contributed by atoms with Crippen molar-refractivity contribution in [2.24, 2.45) is 0 Å². The Balaban J connectivity index is 1.40. The lowest BCUT2D eigenvalue weighted by Gasteiger charge is -2.25. The number of ether oxygens (including phenoxy) is 1. The minimum absolute atomic E-state index is 0.650. The molecule has 1 saturated heterocycles. The zero-order valence-corrected chi connectivity index (χ0v) is 12.1. The molecule has 2 aliphatic rings. The van der Waals surface area contributed by atoms with Crippen molar-refractivity contribution in [3.8, 4) is 5.88 Å². The molecule has 1 aliphatic carbocycles. The number of nitrogens with one attached hydrogen (secondary N) is 1. The van der Waals surface area contributed by atoms with Gasteiger partial charge in [-0.05, 0) is 38.8 Å². The maximum absolute atomic E-state index is 5.73. The molecule has 0 aromatic carbocycles. The number of likely N-dealkylation sites (tertiary alicyclic amines) is 1. The molecule has 1 N–H and O–H groups in total. The highest BCUT2D eigenvalue weighted by atomic mass is 16.5. The highest BCUT2D eigenvalue weighted by Crippen LogP contribution is 2.19. The first kappa shape index (κ1) is 13.8. The van der Waals surface area contributed by atoms with E-state index in [0.717, 1.165) is 18.8 Å². The average molecular weight is 276 g/mol. The summed E-state index contributed by atoms with van der Waals surface area (Å²) in [7, 11) is 0. The van der Waals surface area contributed by atoms with Gasteiger partial charge < -0.3 is 10.1 Å². The molecule has 1 aromatic heterocycles. The Morgan fingerprint density at radius 3 is 2.85 bits per heavy atom. The fraction of sp³-hybridized carbons (Fsp3) is 0.733. The highest BCUT2D eigenvalue weighted by molar-refractivity contribution is 5.08. The van der Waals surface area contributed by atoms with Crippen LogP contribution in [-0.4, -0.2) is 47.2 Å². The second kappa shape index (κ2) is 6.99. The van der Waals surface area contributed by atoms with Gasteiger partial charge in [0.2, 0.25) is 5.88 Å². The first-order valence-corrected chi connectivity index (χ1v) is 7.79. The van der Waals surface area contributed by atoms with Crippen LogP contribution in [0.25, 0.3) is 0 Å². The van der Waals surface area contributed by atoms with E-state index in [4.69, 9.17) is 4.74 Å². The molecule has 1 aliphatic heterocycles. The van der Waals surface area contributed by atoms with Crippen LogP contribution < -0.4 is 10.1 Å². The smallest absolute Gasteiger partial charge is 0.232 e. The molecule has 20 heavy (non-hydrogen) atoms. The molecule has 5 nitrogen and oxygen atoms in total. The molecule has 2 fully saturated rings. The highest BCUT2D eigenvalue weighted by Gasteiger charge is 2.20. The summed E-state index contributed by atoms with van der Waals surface area (Å²) >= 11 is 0. The summed E-state index contributed by atoms with van der Waals surface area (Å²) in [6.45, 7) is 4.90. The van der Waals surface area contributed by atoms with Crippen LogP contribution in [0.1, 0.15) is 37.8 Å². The third-order valence-electron chi connectivity index (χ3n) is 3.92. The van der Waals surface area contributed by atoms with Gasteiger partial charge in [0.25, 0.3) is 0 Å². The quantitative estimate of drug-likeness (QED) is 0.819. The Hall–Kier alpha value is -1.20. The van der Waals surface area contributed by atoms with Crippen molar-refractivity contribution in [3.05, 3.63) is 18.1 Å². The molecule has 1 saturated carbocycles. The Morgan fingerprint density at radius 2 is 2.05 bits per heavy atom.